The standard InChI is InChI=1S/C21H31N3O3/c1-4-5-13-26-16-9-10-17-18(11-12-20(25)23(2)3)22-24(19(17)15-16)21-8-6-7-14-27-21/h9-10,15,21H,4-8,11-14H2,1-3H3. The second-order valence-corrected chi connectivity index (χ2v) is 7.38. The summed E-state index contributed by atoms with van der Waals surface area (Å²) in [4.78, 5) is 13.6. The van der Waals surface area contributed by atoms with E-state index in [9.17, 15) is 4.79 Å². The van der Waals surface area contributed by atoms with Gasteiger partial charge in [0.25, 0.3) is 0 Å². The minimum atomic E-state index is -0.0366. The number of benzene rings is 1. The number of rotatable bonds is 8. The fraction of sp³-hybridized carbons (Fsp3) is 0.619. The molecular formula is C21H31N3O3. The molecule has 1 atom stereocenters. The molecular weight excluding hydrogens is 342 g/mol. The lowest BCUT2D eigenvalue weighted by atomic mass is 10.1. The van der Waals surface area contributed by atoms with Gasteiger partial charge in [0.15, 0.2) is 6.23 Å². The number of hydrogen-bond donors (Lipinski definition) is 0. The Morgan fingerprint density at radius 2 is 2.22 bits per heavy atom. The van der Waals surface area contributed by atoms with Crippen molar-refractivity contribution >= 4 is 16.8 Å². The number of carbonyl (C=O) groups excluding carboxylic acids is 1. The van der Waals surface area contributed by atoms with E-state index in [4.69, 9.17) is 14.6 Å². The molecule has 1 aliphatic heterocycles. The monoisotopic (exact) mass is 373 g/mol. The quantitative estimate of drug-likeness (QED) is 0.658. The lowest BCUT2D eigenvalue weighted by Crippen LogP contribution is -2.22. The highest BCUT2D eigenvalue weighted by molar-refractivity contribution is 5.84. The minimum absolute atomic E-state index is 0.0366. The summed E-state index contributed by atoms with van der Waals surface area (Å²) < 4.78 is 13.9. The topological polar surface area (TPSA) is 56.6 Å². The van der Waals surface area contributed by atoms with Crippen LogP contribution in [0.3, 0.4) is 0 Å². The van der Waals surface area contributed by atoms with Gasteiger partial charge >= 0.3 is 0 Å². The van der Waals surface area contributed by atoms with Crippen LogP contribution in [0.4, 0.5) is 0 Å². The van der Waals surface area contributed by atoms with Crippen molar-refractivity contribution in [2.45, 2.75) is 58.1 Å². The molecule has 0 bridgehead atoms. The first-order valence-electron chi connectivity index (χ1n) is 10.1. The molecule has 6 nitrogen and oxygen atoms in total. The largest absolute Gasteiger partial charge is 0.494 e. The Balaban J connectivity index is 1.89. The number of hydrogen-bond acceptors (Lipinski definition) is 4. The van der Waals surface area contributed by atoms with Crippen LogP contribution in [-0.2, 0) is 16.0 Å². The third-order valence-electron chi connectivity index (χ3n) is 5.02. The SMILES string of the molecule is CCCCOc1ccc2c(CCC(=O)N(C)C)nn(C3CCCCO3)c2c1. The van der Waals surface area contributed by atoms with Gasteiger partial charge in [-0.2, -0.15) is 5.10 Å². The number of fused-ring (bicyclic) bond motifs is 1. The Morgan fingerprint density at radius 1 is 1.37 bits per heavy atom. The van der Waals surface area contributed by atoms with E-state index in [2.05, 4.69) is 19.1 Å². The second-order valence-electron chi connectivity index (χ2n) is 7.38. The van der Waals surface area contributed by atoms with Crippen LogP contribution in [0.25, 0.3) is 10.9 Å². The van der Waals surface area contributed by atoms with Crippen molar-refractivity contribution in [1.82, 2.24) is 14.7 Å². The molecule has 1 unspecified atom stereocenters. The smallest absolute Gasteiger partial charge is 0.222 e. The Morgan fingerprint density at radius 3 is 2.93 bits per heavy atom. The number of carbonyl (C=O) groups is 1. The zero-order valence-electron chi connectivity index (χ0n) is 16.7. The van der Waals surface area contributed by atoms with Gasteiger partial charge in [0.1, 0.15) is 5.75 Å². The predicted molar refractivity (Wildman–Crippen MR) is 106 cm³/mol. The number of aryl methyl sites for hydroxylation is 1. The molecule has 0 N–H and O–H groups in total. The number of ether oxygens (including phenoxy) is 2. The summed E-state index contributed by atoms with van der Waals surface area (Å²) in [5, 5.41) is 5.93. The lowest BCUT2D eigenvalue weighted by Gasteiger charge is -2.23. The molecule has 3 rings (SSSR count). The van der Waals surface area contributed by atoms with Crippen LogP contribution in [0.15, 0.2) is 18.2 Å². The van der Waals surface area contributed by atoms with Gasteiger partial charge in [-0.1, -0.05) is 13.3 Å². The molecule has 0 aliphatic carbocycles. The van der Waals surface area contributed by atoms with Crippen LogP contribution in [0, 0.1) is 0 Å². The molecule has 1 saturated heterocycles. The molecule has 27 heavy (non-hydrogen) atoms. The van der Waals surface area contributed by atoms with Crippen molar-refractivity contribution in [3.8, 4) is 5.75 Å². The van der Waals surface area contributed by atoms with Gasteiger partial charge in [0.05, 0.1) is 17.8 Å². The van der Waals surface area contributed by atoms with Crippen molar-refractivity contribution in [3.05, 3.63) is 23.9 Å². The van der Waals surface area contributed by atoms with Crippen LogP contribution < -0.4 is 4.74 Å². The zero-order valence-corrected chi connectivity index (χ0v) is 16.7. The van der Waals surface area contributed by atoms with E-state index >= 15 is 0 Å². The molecule has 1 aliphatic rings. The van der Waals surface area contributed by atoms with E-state index in [1.54, 1.807) is 19.0 Å². The second kappa shape index (κ2) is 9.22. The third kappa shape index (κ3) is 4.80. The molecule has 0 spiro atoms. The van der Waals surface area contributed by atoms with Gasteiger partial charge in [-0.05, 0) is 37.8 Å². The summed E-state index contributed by atoms with van der Waals surface area (Å²) in [6.45, 7) is 3.65. The third-order valence-corrected chi connectivity index (χ3v) is 5.02. The maximum absolute atomic E-state index is 12.0. The normalized spacial score (nSPS) is 17.2. The van der Waals surface area contributed by atoms with Gasteiger partial charge in [0, 0.05) is 45.0 Å². The lowest BCUT2D eigenvalue weighted by molar-refractivity contribution is -0.128. The van der Waals surface area contributed by atoms with Gasteiger partial charge in [-0.3, -0.25) is 4.79 Å². The van der Waals surface area contributed by atoms with Crippen LogP contribution >= 0.6 is 0 Å². The maximum Gasteiger partial charge on any atom is 0.222 e. The first-order valence-corrected chi connectivity index (χ1v) is 10.1. The van der Waals surface area contributed by atoms with Crippen molar-refractivity contribution in [1.29, 1.82) is 0 Å². The van der Waals surface area contributed by atoms with Gasteiger partial charge in [-0.25, -0.2) is 4.68 Å². The summed E-state index contributed by atoms with van der Waals surface area (Å²) in [5.41, 5.74) is 1.98. The molecule has 1 fully saturated rings. The highest BCUT2D eigenvalue weighted by Crippen LogP contribution is 2.31. The van der Waals surface area contributed by atoms with Crippen LogP contribution in [-0.4, -0.2) is 47.9 Å². The summed E-state index contributed by atoms with van der Waals surface area (Å²) in [6, 6.07) is 6.13. The molecule has 1 aromatic heterocycles. The Labute approximate surface area is 161 Å². The Bertz CT molecular complexity index is 763. The molecule has 1 amide bonds. The molecule has 1 aromatic carbocycles. The first kappa shape index (κ1) is 19.7. The highest BCUT2D eigenvalue weighted by atomic mass is 16.5. The number of amides is 1. The average Bonchev–Trinajstić information content (AvgIpc) is 3.05. The summed E-state index contributed by atoms with van der Waals surface area (Å²) in [5.74, 6) is 0.981. The van der Waals surface area contributed by atoms with E-state index in [1.165, 1.54) is 0 Å². The summed E-state index contributed by atoms with van der Waals surface area (Å²) >= 11 is 0. The molecule has 2 aromatic rings. The highest BCUT2D eigenvalue weighted by Gasteiger charge is 2.22. The Hall–Kier alpha value is -2.08. The van der Waals surface area contributed by atoms with Crippen molar-refractivity contribution < 1.29 is 14.3 Å². The molecule has 0 radical (unpaired) electrons. The minimum Gasteiger partial charge on any atom is -0.494 e. The maximum atomic E-state index is 12.0. The molecule has 2 heterocycles. The van der Waals surface area contributed by atoms with E-state index < -0.39 is 0 Å². The van der Waals surface area contributed by atoms with E-state index in [1.807, 2.05) is 10.7 Å². The Kier molecular flexibility index (Phi) is 6.72. The van der Waals surface area contributed by atoms with Gasteiger partial charge < -0.3 is 14.4 Å². The number of aromatic nitrogens is 2. The van der Waals surface area contributed by atoms with E-state index in [0.29, 0.717) is 12.8 Å². The van der Waals surface area contributed by atoms with E-state index in [0.717, 1.165) is 67.7 Å². The molecule has 0 saturated carbocycles. The fourth-order valence-corrected chi connectivity index (χ4v) is 3.38. The number of unbranched alkanes of at least 4 members (excludes halogenated alkanes) is 1. The van der Waals surface area contributed by atoms with Crippen LogP contribution in [0.2, 0.25) is 0 Å². The predicted octanol–water partition coefficient (Wildman–Crippen LogP) is 3.94. The fourth-order valence-electron chi connectivity index (χ4n) is 3.38. The van der Waals surface area contributed by atoms with Crippen LogP contribution in [0.5, 0.6) is 5.75 Å². The van der Waals surface area contributed by atoms with Gasteiger partial charge in [-0.15, -0.1) is 0 Å². The van der Waals surface area contributed by atoms with Crippen molar-refractivity contribution in [3.63, 3.8) is 0 Å². The molecule has 148 valence electrons. The summed E-state index contributed by atoms with van der Waals surface area (Å²) in [7, 11) is 3.57. The van der Waals surface area contributed by atoms with Crippen molar-refractivity contribution in [2.75, 3.05) is 27.3 Å². The number of nitrogens with zero attached hydrogens (tertiary/aromatic N) is 3. The average molecular weight is 373 g/mol. The van der Waals surface area contributed by atoms with Crippen molar-refractivity contribution in [2.24, 2.45) is 0 Å². The van der Waals surface area contributed by atoms with Crippen LogP contribution in [0.1, 0.15) is 57.4 Å². The first-order chi connectivity index (χ1) is 13.1. The summed E-state index contributed by atoms with van der Waals surface area (Å²) in [6.07, 6.45) is 6.42. The van der Waals surface area contributed by atoms with Gasteiger partial charge in [0.2, 0.25) is 5.91 Å². The van der Waals surface area contributed by atoms with E-state index in [-0.39, 0.29) is 12.1 Å². The molecule has 6 heteroatoms. The zero-order chi connectivity index (χ0) is 19.2.